The van der Waals surface area contributed by atoms with Gasteiger partial charge < -0.3 is 20.1 Å². The molecule has 0 radical (unpaired) electrons. The highest BCUT2D eigenvalue weighted by Gasteiger charge is 2.42. The van der Waals surface area contributed by atoms with E-state index in [2.05, 4.69) is 19.2 Å². The summed E-state index contributed by atoms with van der Waals surface area (Å²) in [6, 6.07) is 7.64. The SMILES string of the molecule is CC(C)c1ccccc1OCCNC(=O)N1CCC(C)(C(=O)O)C1. The van der Waals surface area contributed by atoms with Crippen molar-refractivity contribution < 1.29 is 19.4 Å². The van der Waals surface area contributed by atoms with Crippen molar-refractivity contribution in [1.29, 1.82) is 0 Å². The quantitative estimate of drug-likeness (QED) is 0.784. The zero-order valence-electron chi connectivity index (χ0n) is 14.5. The van der Waals surface area contributed by atoms with Gasteiger partial charge in [-0.2, -0.15) is 0 Å². The topological polar surface area (TPSA) is 78.9 Å². The molecule has 132 valence electrons. The Labute approximate surface area is 142 Å². The molecular weight excluding hydrogens is 308 g/mol. The van der Waals surface area contributed by atoms with E-state index in [-0.39, 0.29) is 12.6 Å². The van der Waals surface area contributed by atoms with Crippen molar-refractivity contribution in [3.63, 3.8) is 0 Å². The summed E-state index contributed by atoms with van der Waals surface area (Å²) < 4.78 is 5.76. The number of carboxylic acids is 1. The summed E-state index contributed by atoms with van der Waals surface area (Å²) in [5.41, 5.74) is 0.296. The average Bonchev–Trinajstić information content (AvgIpc) is 2.95. The minimum absolute atomic E-state index is 0.235. The van der Waals surface area contributed by atoms with E-state index in [0.29, 0.717) is 32.0 Å². The van der Waals surface area contributed by atoms with Crippen molar-refractivity contribution >= 4 is 12.0 Å². The van der Waals surface area contributed by atoms with Gasteiger partial charge in [0, 0.05) is 13.1 Å². The third kappa shape index (κ3) is 4.19. The highest BCUT2D eigenvalue weighted by molar-refractivity contribution is 5.79. The molecule has 1 atom stereocenters. The molecule has 0 aromatic heterocycles. The van der Waals surface area contributed by atoms with Crippen molar-refractivity contribution in [1.82, 2.24) is 10.2 Å². The van der Waals surface area contributed by atoms with Gasteiger partial charge in [-0.05, 0) is 30.9 Å². The van der Waals surface area contributed by atoms with Gasteiger partial charge in [0.2, 0.25) is 0 Å². The summed E-state index contributed by atoms with van der Waals surface area (Å²) in [6.07, 6.45) is 0.480. The minimum Gasteiger partial charge on any atom is -0.491 e. The number of nitrogens with one attached hydrogen (secondary N) is 1. The molecule has 0 saturated carbocycles. The van der Waals surface area contributed by atoms with Crippen LogP contribution in [0.2, 0.25) is 0 Å². The number of para-hydroxylation sites is 1. The lowest BCUT2D eigenvalue weighted by Crippen LogP contribution is -2.42. The Balaban J connectivity index is 1.77. The molecule has 1 fully saturated rings. The molecule has 1 aromatic carbocycles. The van der Waals surface area contributed by atoms with Crippen LogP contribution in [-0.4, -0.2) is 48.2 Å². The van der Waals surface area contributed by atoms with Crippen LogP contribution in [0.3, 0.4) is 0 Å². The number of urea groups is 1. The van der Waals surface area contributed by atoms with Crippen LogP contribution in [0.5, 0.6) is 5.75 Å². The van der Waals surface area contributed by atoms with E-state index in [1.54, 1.807) is 11.8 Å². The third-order valence-electron chi connectivity index (χ3n) is 4.45. The van der Waals surface area contributed by atoms with Gasteiger partial charge in [-0.3, -0.25) is 4.79 Å². The summed E-state index contributed by atoms with van der Waals surface area (Å²) >= 11 is 0. The molecular formula is C18H26N2O4. The second-order valence-corrected chi connectivity index (χ2v) is 6.81. The van der Waals surface area contributed by atoms with Crippen LogP contribution in [0.1, 0.15) is 38.7 Å². The molecule has 1 heterocycles. The van der Waals surface area contributed by atoms with E-state index >= 15 is 0 Å². The summed E-state index contributed by atoms with van der Waals surface area (Å²) in [5.74, 6) is 0.349. The largest absolute Gasteiger partial charge is 0.491 e. The van der Waals surface area contributed by atoms with Crippen LogP contribution in [0.4, 0.5) is 4.79 Å². The number of likely N-dealkylation sites (tertiary alicyclic amines) is 1. The maximum Gasteiger partial charge on any atom is 0.317 e. The van der Waals surface area contributed by atoms with Crippen LogP contribution >= 0.6 is 0 Å². The van der Waals surface area contributed by atoms with Gasteiger partial charge in [0.1, 0.15) is 12.4 Å². The fraction of sp³-hybridized carbons (Fsp3) is 0.556. The van der Waals surface area contributed by atoms with Gasteiger partial charge in [-0.25, -0.2) is 4.79 Å². The molecule has 1 aliphatic rings. The fourth-order valence-electron chi connectivity index (χ4n) is 2.83. The highest BCUT2D eigenvalue weighted by atomic mass is 16.5. The van der Waals surface area contributed by atoms with Gasteiger partial charge in [0.05, 0.1) is 12.0 Å². The second kappa shape index (κ2) is 7.55. The predicted molar refractivity (Wildman–Crippen MR) is 91.4 cm³/mol. The lowest BCUT2D eigenvalue weighted by Gasteiger charge is -2.20. The number of amides is 2. The van der Waals surface area contributed by atoms with E-state index in [0.717, 1.165) is 11.3 Å². The molecule has 2 amide bonds. The molecule has 2 N–H and O–H groups in total. The molecule has 1 unspecified atom stereocenters. The minimum atomic E-state index is -0.855. The number of carbonyl (C=O) groups excluding carboxylic acids is 1. The van der Waals surface area contributed by atoms with E-state index in [1.807, 2.05) is 24.3 Å². The zero-order chi connectivity index (χ0) is 17.7. The number of hydrogen-bond donors (Lipinski definition) is 2. The standard InChI is InChI=1S/C18H26N2O4/c1-13(2)14-6-4-5-7-15(14)24-11-9-19-17(23)20-10-8-18(3,12-20)16(21)22/h4-7,13H,8-12H2,1-3H3,(H,19,23)(H,21,22). The maximum absolute atomic E-state index is 12.1. The van der Waals surface area contributed by atoms with Gasteiger partial charge >= 0.3 is 12.0 Å². The van der Waals surface area contributed by atoms with Crippen molar-refractivity contribution in [2.45, 2.75) is 33.1 Å². The number of hydrogen-bond acceptors (Lipinski definition) is 3. The molecule has 24 heavy (non-hydrogen) atoms. The normalized spacial score (nSPS) is 20.2. The zero-order valence-corrected chi connectivity index (χ0v) is 14.5. The molecule has 1 aliphatic heterocycles. The first-order valence-corrected chi connectivity index (χ1v) is 8.31. The number of carboxylic acid groups (broad SMARTS) is 1. The van der Waals surface area contributed by atoms with E-state index < -0.39 is 11.4 Å². The van der Waals surface area contributed by atoms with Crippen LogP contribution < -0.4 is 10.1 Å². The Hall–Kier alpha value is -2.24. The van der Waals surface area contributed by atoms with Crippen molar-refractivity contribution in [3.8, 4) is 5.75 Å². The van der Waals surface area contributed by atoms with Gasteiger partial charge in [-0.15, -0.1) is 0 Å². The highest BCUT2D eigenvalue weighted by Crippen LogP contribution is 2.30. The van der Waals surface area contributed by atoms with E-state index in [4.69, 9.17) is 4.74 Å². The van der Waals surface area contributed by atoms with Gasteiger partial charge in [-0.1, -0.05) is 32.0 Å². The van der Waals surface area contributed by atoms with Gasteiger partial charge in [0.15, 0.2) is 0 Å². The molecule has 1 saturated heterocycles. The number of nitrogens with zero attached hydrogens (tertiary/aromatic N) is 1. The van der Waals surface area contributed by atoms with E-state index in [9.17, 15) is 14.7 Å². The first-order chi connectivity index (χ1) is 11.3. The smallest absolute Gasteiger partial charge is 0.317 e. The number of ether oxygens (including phenoxy) is 1. The summed E-state index contributed by atoms with van der Waals surface area (Å²) in [7, 11) is 0. The van der Waals surface area contributed by atoms with Crippen LogP contribution in [0, 0.1) is 5.41 Å². The number of carbonyl (C=O) groups is 2. The molecule has 0 spiro atoms. The van der Waals surface area contributed by atoms with Crippen molar-refractivity contribution in [2.75, 3.05) is 26.2 Å². The molecule has 2 rings (SSSR count). The lowest BCUT2D eigenvalue weighted by molar-refractivity contribution is -0.147. The lowest BCUT2D eigenvalue weighted by atomic mass is 9.90. The Bertz CT molecular complexity index is 602. The summed E-state index contributed by atoms with van der Waals surface area (Å²) in [5, 5.41) is 12.0. The number of aliphatic carboxylic acids is 1. The van der Waals surface area contributed by atoms with Crippen molar-refractivity contribution in [2.24, 2.45) is 5.41 Å². The van der Waals surface area contributed by atoms with E-state index in [1.165, 1.54) is 0 Å². The van der Waals surface area contributed by atoms with Gasteiger partial charge in [0.25, 0.3) is 0 Å². The average molecular weight is 334 g/mol. The number of benzene rings is 1. The Kier molecular flexibility index (Phi) is 5.70. The van der Waals surface area contributed by atoms with Crippen LogP contribution in [0.25, 0.3) is 0 Å². The molecule has 1 aromatic rings. The molecule has 0 bridgehead atoms. The molecule has 6 heteroatoms. The Morgan fingerprint density at radius 3 is 2.71 bits per heavy atom. The molecule has 6 nitrogen and oxygen atoms in total. The summed E-state index contributed by atoms with van der Waals surface area (Å²) in [6.45, 7) is 7.35. The van der Waals surface area contributed by atoms with Crippen LogP contribution in [0.15, 0.2) is 24.3 Å². The summed E-state index contributed by atoms with van der Waals surface area (Å²) in [4.78, 5) is 24.9. The third-order valence-corrected chi connectivity index (χ3v) is 4.45. The predicted octanol–water partition coefficient (Wildman–Crippen LogP) is 2.70. The Morgan fingerprint density at radius 1 is 1.38 bits per heavy atom. The van der Waals surface area contributed by atoms with Crippen LogP contribution in [-0.2, 0) is 4.79 Å². The first kappa shape index (κ1) is 18.1. The fourth-order valence-corrected chi connectivity index (χ4v) is 2.83. The Morgan fingerprint density at radius 2 is 2.08 bits per heavy atom. The first-order valence-electron chi connectivity index (χ1n) is 8.31. The maximum atomic E-state index is 12.1. The monoisotopic (exact) mass is 334 g/mol. The van der Waals surface area contributed by atoms with Crippen molar-refractivity contribution in [3.05, 3.63) is 29.8 Å². The molecule has 0 aliphatic carbocycles. The second-order valence-electron chi connectivity index (χ2n) is 6.81. The number of rotatable bonds is 6.